The normalized spacial score (nSPS) is 11.2. The topological polar surface area (TPSA) is 85.8 Å². The molecule has 0 saturated heterocycles. The lowest BCUT2D eigenvalue weighted by Gasteiger charge is -2.03. The molecule has 0 unspecified atom stereocenters. The van der Waals surface area contributed by atoms with Crippen molar-refractivity contribution in [1.29, 1.82) is 0 Å². The molecule has 5 aromatic rings. The van der Waals surface area contributed by atoms with Gasteiger partial charge in [-0.3, -0.25) is 10.1 Å². The number of aromatic nitrogens is 4. The zero-order valence-corrected chi connectivity index (χ0v) is 18.8. The van der Waals surface area contributed by atoms with Gasteiger partial charge in [0.05, 0.1) is 6.54 Å². The second kappa shape index (κ2) is 8.97. The molecule has 0 atom stereocenters. The summed E-state index contributed by atoms with van der Waals surface area (Å²) in [5.74, 6) is 0.708. The van der Waals surface area contributed by atoms with Gasteiger partial charge in [-0.15, -0.1) is 16.4 Å². The van der Waals surface area contributed by atoms with Crippen LogP contribution in [-0.4, -0.2) is 25.7 Å². The van der Waals surface area contributed by atoms with Crippen LogP contribution in [0.25, 0.3) is 11.0 Å². The van der Waals surface area contributed by atoms with Crippen LogP contribution in [0, 0.1) is 6.92 Å². The highest BCUT2D eigenvalue weighted by Gasteiger charge is 2.22. The van der Waals surface area contributed by atoms with Gasteiger partial charge in [0, 0.05) is 27.8 Å². The van der Waals surface area contributed by atoms with Crippen molar-refractivity contribution in [2.24, 2.45) is 0 Å². The molecular weight excluding hydrogens is 442 g/mol. The first kappa shape index (κ1) is 20.5. The number of aryl methyl sites for hydroxylation is 1. The summed E-state index contributed by atoms with van der Waals surface area (Å²) in [5.41, 5.74) is 3.60. The van der Waals surface area contributed by atoms with Gasteiger partial charge in [0.25, 0.3) is 5.91 Å². The van der Waals surface area contributed by atoms with E-state index in [0.29, 0.717) is 17.9 Å². The number of furan rings is 1. The lowest BCUT2D eigenvalue weighted by molar-refractivity contribution is 0.0997. The highest BCUT2D eigenvalue weighted by Crippen LogP contribution is 2.33. The van der Waals surface area contributed by atoms with Gasteiger partial charge in [0.1, 0.15) is 16.2 Å². The van der Waals surface area contributed by atoms with Gasteiger partial charge >= 0.3 is 0 Å². The van der Waals surface area contributed by atoms with E-state index < -0.39 is 0 Å². The number of nitrogens with zero attached hydrogens (tertiary/aromatic N) is 4. The predicted molar refractivity (Wildman–Crippen MR) is 126 cm³/mol. The highest BCUT2D eigenvalue weighted by molar-refractivity contribution is 8.00. The Morgan fingerprint density at radius 3 is 2.78 bits per heavy atom. The molecule has 0 saturated carbocycles. The van der Waals surface area contributed by atoms with Gasteiger partial charge in [-0.1, -0.05) is 60.3 Å². The maximum absolute atomic E-state index is 13.1. The Morgan fingerprint density at radius 1 is 1.16 bits per heavy atom. The van der Waals surface area contributed by atoms with Crippen molar-refractivity contribution >= 4 is 45.9 Å². The van der Waals surface area contributed by atoms with Crippen molar-refractivity contribution in [1.82, 2.24) is 19.7 Å². The number of fused-ring (bicyclic) bond motifs is 1. The number of benzene rings is 2. The fraction of sp³-hybridized carbons (Fsp3) is 0.130. The number of thiazole rings is 1. The van der Waals surface area contributed by atoms with Crippen LogP contribution in [0.15, 0.2) is 75.1 Å². The molecule has 3 heterocycles. The Hall–Kier alpha value is -3.43. The summed E-state index contributed by atoms with van der Waals surface area (Å²) in [7, 11) is 0. The molecule has 0 radical (unpaired) electrons. The van der Waals surface area contributed by atoms with Gasteiger partial charge in [0.2, 0.25) is 5.95 Å². The quantitative estimate of drug-likeness (QED) is 0.327. The number of carbonyl (C=O) groups is 1. The third-order valence-electron chi connectivity index (χ3n) is 4.79. The van der Waals surface area contributed by atoms with Crippen LogP contribution in [-0.2, 0) is 12.3 Å². The second-order valence-electron chi connectivity index (χ2n) is 7.15. The molecule has 5 rings (SSSR count). The third-order valence-corrected chi connectivity index (χ3v) is 6.96. The van der Waals surface area contributed by atoms with Gasteiger partial charge in [-0.2, -0.15) is 0 Å². The minimum atomic E-state index is -0.371. The van der Waals surface area contributed by atoms with Crippen LogP contribution in [0.3, 0.4) is 0 Å². The molecule has 3 aromatic heterocycles. The van der Waals surface area contributed by atoms with E-state index in [0.717, 1.165) is 26.5 Å². The molecule has 32 heavy (non-hydrogen) atoms. The van der Waals surface area contributed by atoms with Crippen molar-refractivity contribution in [3.05, 3.63) is 88.9 Å². The molecule has 2 aromatic carbocycles. The van der Waals surface area contributed by atoms with Gasteiger partial charge in [0.15, 0.2) is 5.76 Å². The van der Waals surface area contributed by atoms with Crippen molar-refractivity contribution in [2.75, 3.05) is 5.32 Å². The molecular formula is C23H19N5O2S2. The van der Waals surface area contributed by atoms with Crippen molar-refractivity contribution < 1.29 is 9.21 Å². The lowest BCUT2D eigenvalue weighted by atomic mass is 10.1. The zero-order chi connectivity index (χ0) is 21.9. The largest absolute Gasteiger partial charge is 0.451 e. The molecule has 0 bridgehead atoms. The van der Waals surface area contributed by atoms with E-state index in [1.807, 2.05) is 66.9 Å². The maximum atomic E-state index is 13.1. The minimum Gasteiger partial charge on any atom is -0.451 e. The van der Waals surface area contributed by atoms with Gasteiger partial charge in [-0.05, 0) is 18.6 Å². The summed E-state index contributed by atoms with van der Waals surface area (Å²) in [6.45, 7) is 2.54. The fourth-order valence-electron chi connectivity index (χ4n) is 3.31. The molecule has 0 aliphatic rings. The van der Waals surface area contributed by atoms with Crippen LogP contribution in [0.4, 0.5) is 5.95 Å². The van der Waals surface area contributed by atoms with E-state index >= 15 is 0 Å². The van der Waals surface area contributed by atoms with Crippen molar-refractivity contribution in [3.8, 4) is 0 Å². The first-order valence-corrected chi connectivity index (χ1v) is 11.8. The fourth-order valence-corrected chi connectivity index (χ4v) is 5.19. The van der Waals surface area contributed by atoms with E-state index in [9.17, 15) is 4.79 Å². The van der Waals surface area contributed by atoms with E-state index in [2.05, 4.69) is 20.4 Å². The van der Waals surface area contributed by atoms with E-state index in [1.54, 1.807) is 34.1 Å². The summed E-state index contributed by atoms with van der Waals surface area (Å²) >= 11 is 3.18. The number of hydrogen-bond acceptors (Lipinski definition) is 7. The lowest BCUT2D eigenvalue weighted by Crippen LogP contribution is -2.14. The first-order chi connectivity index (χ1) is 15.7. The molecule has 0 spiro atoms. The van der Waals surface area contributed by atoms with Gasteiger partial charge in [-0.25, -0.2) is 14.6 Å². The minimum absolute atomic E-state index is 0.237. The molecule has 9 heteroatoms. The highest BCUT2D eigenvalue weighted by atomic mass is 32.2. The second-order valence-corrected chi connectivity index (χ2v) is 9.24. The average Bonchev–Trinajstić information content (AvgIpc) is 3.52. The van der Waals surface area contributed by atoms with E-state index in [-0.39, 0.29) is 17.6 Å². The monoisotopic (exact) mass is 461 g/mol. The summed E-state index contributed by atoms with van der Waals surface area (Å²) in [6, 6.07) is 17.6. The number of rotatable bonds is 7. The Bertz CT molecular complexity index is 1370. The molecule has 1 amide bonds. The van der Waals surface area contributed by atoms with E-state index in [4.69, 9.17) is 4.42 Å². The maximum Gasteiger partial charge on any atom is 0.294 e. The van der Waals surface area contributed by atoms with Crippen LogP contribution in [0.5, 0.6) is 0 Å². The number of thioether (sulfide) groups is 1. The Labute approximate surface area is 192 Å². The van der Waals surface area contributed by atoms with E-state index in [1.165, 1.54) is 0 Å². The van der Waals surface area contributed by atoms with Crippen LogP contribution < -0.4 is 5.32 Å². The molecule has 0 fully saturated rings. The summed E-state index contributed by atoms with van der Waals surface area (Å²) in [4.78, 5) is 21.8. The number of para-hydroxylation sites is 1. The SMILES string of the molecule is Cc1csc(SCc2c(C(=O)Nc3ncn(Cc4ccccc4)n3)oc3ccccc23)n1. The molecule has 160 valence electrons. The molecule has 1 N–H and O–H groups in total. The van der Waals surface area contributed by atoms with Crippen LogP contribution in [0.2, 0.25) is 0 Å². The Morgan fingerprint density at radius 2 is 1.97 bits per heavy atom. The Kier molecular flexibility index (Phi) is 5.74. The number of amides is 1. The number of hydrogen-bond donors (Lipinski definition) is 1. The number of anilines is 1. The standard InChI is InChI=1S/C23H19N5O2S2/c1-15-12-31-23(25-15)32-13-18-17-9-5-6-10-19(17)30-20(18)21(29)26-22-24-14-28(27-22)11-16-7-3-2-4-8-16/h2-10,12,14H,11,13H2,1H3,(H,26,27,29). The van der Waals surface area contributed by atoms with Crippen LogP contribution >= 0.6 is 23.1 Å². The number of nitrogens with one attached hydrogen (secondary N) is 1. The zero-order valence-electron chi connectivity index (χ0n) is 17.2. The average molecular weight is 462 g/mol. The third kappa shape index (κ3) is 4.44. The van der Waals surface area contributed by atoms with Crippen molar-refractivity contribution in [2.45, 2.75) is 23.6 Å². The molecule has 7 nitrogen and oxygen atoms in total. The van der Waals surface area contributed by atoms with Crippen LogP contribution in [0.1, 0.15) is 27.4 Å². The van der Waals surface area contributed by atoms with Crippen molar-refractivity contribution in [3.63, 3.8) is 0 Å². The summed E-state index contributed by atoms with van der Waals surface area (Å²) in [5, 5.41) is 10.1. The first-order valence-electron chi connectivity index (χ1n) is 9.96. The smallest absolute Gasteiger partial charge is 0.294 e. The summed E-state index contributed by atoms with van der Waals surface area (Å²) < 4.78 is 8.57. The molecule has 0 aliphatic carbocycles. The molecule has 0 aliphatic heterocycles. The summed E-state index contributed by atoms with van der Waals surface area (Å²) in [6.07, 6.45) is 1.60. The van der Waals surface area contributed by atoms with Gasteiger partial charge < -0.3 is 4.42 Å². The number of carbonyl (C=O) groups excluding carboxylic acids is 1. The predicted octanol–water partition coefficient (Wildman–Crippen LogP) is 5.38. The Balaban J connectivity index is 1.36.